The summed E-state index contributed by atoms with van der Waals surface area (Å²) in [5, 5.41) is 3.25. The summed E-state index contributed by atoms with van der Waals surface area (Å²) in [6, 6.07) is 5.94. The highest BCUT2D eigenvalue weighted by Gasteiger charge is 2.49. The van der Waals surface area contributed by atoms with Crippen molar-refractivity contribution in [3.8, 4) is 11.5 Å². The van der Waals surface area contributed by atoms with Gasteiger partial charge in [0.25, 0.3) is 0 Å². The minimum Gasteiger partial charge on any atom is -0.493 e. The average molecular weight is 361 g/mol. The van der Waals surface area contributed by atoms with Gasteiger partial charge in [0.05, 0.1) is 26.4 Å². The van der Waals surface area contributed by atoms with E-state index in [0.717, 1.165) is 24.8 Å². The zero-order valence-corrected chi connectivity index (χ0v) is 16.5. The van der Waals surface area contributed by atoms with Gasteiger partial charge in [-0.3, -0.25) is 4.79 Å². The van der Waals surface area contributed by atoms with Gasteiger partial charge in [-0.15, -0.1) is 0 Å². The molecule has 1 aromatic carbocycles. The average Bonchev–Trinajstić information content (AvgIpc) is 2.59. The van der Waals surface area contributed by atoms with Gasteiger partial charge in [-0.2, -0.15) is 0 Å². The van der Waals surface area contributed by atoms with Crippen molar-refractivity contribution >= 4 is 5.91 Å². The molecule has 5 nitrogen and oxygen atoms in total. The Morgan fingerprint density at radius 2 is 1.96 bits per heavy atom. The van der Waals surface area contributed by atoms with E-state index < -0.39 is 0 Å². The lowest BCUT2D eigenvalue weighted by molar-refractivity contribution is -0.153. The minimum atomic E-state index is -0.257. The van der Waals surface area contributed by atoms with Crippen molar-refractivity contribution in [2.45, 2.75) is 64.2 Å². The maximum Gasteiger partial charge on any atom is 0.217 e. The number of hydrogen-bond donors (Lipinski definition) is 1. The summed E-state index contributed by atoms with van der Waals surface area (Å²) in [5.74, 6) is 2.45. The second-order valence-corrected chi connectivity index (χ2v) is 8.11. The molecule has 5 atom stereocenters. The molecular formula is C21H31NO4. The van der Waals surface area contributed by atoms with Gasteiger partial charge >= 0.3 is 0 Å². The number of methoxy groups -OCH3 is 2. The molecule has 0 aromatic heterocycles. The lowest BCUT2D eigenvalue weighted by atomic mass is 9.66. The fourth-order valence-electron chi connectivity index (χ4n) is 4.80. The Bertz CT molecular complexity index is 661. The lowest BCUT2D eigenvalue weighted by Crippen LogP contribution is -2.60. The summed E-state index contributed by atoms with van der Waals surface area (Å²) < 4.78 is 17.4. The quantitative estimate of drug-likeness (QED) is 0.885. The highest BCUT2D eigenvalue weighted by Crippen LogP contribution is 2.48. The van der Waals surface area contributed by atoms with Gasteiger partial charge in [0, 0.05) is 24.8 Å². The third-order valence-corrected chi connectivity index (χ3v) is 6.06. The predicted octanol–water partition coefficient (Wildman–Crippen LogP) is 3.86. The molecule has 1 saturated heterocycles. The Labute approximate surface area is 156 Å². The first-order chi connectivity index (χ1) is 12.4. The van der Waals surface area contributed by atoms with Gasteiger partial charge in [0.1, 0.15) is 0 Å². The molecule has 1 amide bonds. The molecule has 0 radical (unpaired) electrons. The highest BCUT2D eigenvalue weighted by atomic mass is 16.5. The fourth-order valence-corrected chi connectivity index (χ4v) is 4.80. The van der Waals surface area contributed by atoms with E-state index in [4.69, 9.17) is 14.2 Å². The van der Waals surface area contributed by atoms with Gasteiger partial charge in [-0.05, 0) is 43.4 Å². The minimum absolute atomic E-state index is 0.0258. The molecule has 26 heavy (non-hydrogen) atoms. The fraction of sp³-hybridized carbons (Fsp3) is 0.667. The van der Waals surface area contributed by atoms with Crippen molar-refractivity contribution in [3.63, 3.8) is 0 Å². The summed E-state index contributed by atoms with van der Waals surface area (Å²) in [4.78, 5) is 11.9. The number of carbonyl (C=O) groups excluding carboxylic acids is 1. The number of hydrogen-bond acceptors (Lipinski definition) is 4. The van der Waals surface area contributed by atoms with E-state index in [2.05, 4.69) is 19.2 Å². The molecule has 1 aliphatic carbocycles. The summed E-state index contributed by atoms with van der Waals surface area (Å²) >= 11 is 0. The number of fused-ring (bicyclic) bond motifs is 1. The van der Waals surface area contributed by atoms with E-state index in [0.29, 0.717) is 23.3 Å². The molecule has 1 aromatic rings. The lowest BCUT2D eigenvalue weighted by Gasteiger charge is -2.52. The van der Waals surface area contributed by atoms with Crippen LogP contribution in [0.1, 0.15) is 58.1 Å². The smallest absolute Gasteiger partial charge is 0.217 e. The number of rotatable bonds is 4. The number of amides is 1. The maximum absolute atomic E-state index is 11.9. The normalized spacial score (nSPS) is 33.9. The van der Waals surface area contributed by atoms with Crippen molar-refractivity contribution in [2.24, 2.45) is 11.8 Å². The first-order valence-corrected chi connectivity index (χ1v) is 9.52. The Morgan fingerprint density at radius 3 is 2.62 bits per heavy atom. The number of carbonyl (C=O) groups is 1. The molecule has 144 valence electrons. The van der Waals surface area contributed by atoms with Crippen LogP contribution in [0.15, 0.2) is 18.2 Å². The molecular weight excluding hydrogens is 330 g/mol. The van der Waals surface area contributed by atoms with Gasteiger partial charge in [0.2, 0.25) is 5.91 Å². The topological polar surface area (TPSA) is 56.8 Å². The third kappa shape index (κ3) is 3.68. The molecule has 5 heteroatoms. The first kappa shape index (κ1) is 19.0. The molecule has 2 aliphatic rings. The zero-order valence-electron chi connectivity index (χ0n) is 16.5. The zero-order chi connectivity index (χ0) is 18.9. The van der Waals surface area contributed by atoms with Crippen LogP contribution in [0.2, 0.25) is 0 Å². The Hall–Kier alpha value is -1.75. The predicted molar refractivity (Wildman–Crippen MR) is 101 cm³/mol. The van der Waals surface area contributed by atoms with Crippen LogP contribution >= 0.6 is 0 Å². The molecule has 1 N–H and O–H groups in total. The van der Waals surface area contributed by atoms with Crippen LogP contribution in [0, 0.1) is 11.8 Å². The molecule has 1 heterocycles. The second-order valence-electron chi connectivity index (χ2n) is 8.11. The van der Waals surface area contributed by atoms with Gasteiger partial charge in [-0.1, -0.05) is 19.4 Å². The van der Waals surface area contributed by atoms with E-state index in [9.17, 15) is 4.79 Å². The molecule has 0 bridgehead atoms. The Kier molecular flexibility index (Phi) is 5.47. The summed E-state index contributed by atoms with van der Waals surface area (Å²) in [7, 11) is 3.28. The van der Waals surface area contributed by atoms with Crippen molar-refractivity contribution in [1.29, 1.82) is 0 Å². The maximum atomic E-state index is 11.9. The van der Waals surface area contributed by atoms with Crippen molar-refractivity contribution in [3.05, 3.63) is 23.8 Å². The number of benzene rings is 1. The largest absolute Gasteiger partial charge is 0.493 e. The number of ether oxygens (including phenoxy) is 3. The SMILES string of the molecule is COc1ccc([C@H]2C[C@@](C)(NC(C)=O)[C@@H]3CC[C@@H](C)C[C@H]3O2)cc1OC. The summed E-state index contributed by atoms with van der Waals surface area (Å²) in [6.45, 7) is 6.07. The van der Waals surface area contributed by atoms with Crippen LogP contribution in [-0.2, 0) is 9.53 Å². The Morgan fingerprint density at radius 1 is 1.23 bits per heavy atom. The standard InChI is InChI=1S/C21H31NO4/c1-13-6-8-16-18(10-13)26-20(12-21(16,3)22-14(2)23)15-7-9-17(24-4)19(11-15)25-5/h7,9,11,13,16,18,20H,6,8,10,12H2,1-5H3,(H,22,23)/t13-,16-,18-,20-,21-/m1/s1. The van der Waals surface area contributed by atoms with E-state index >= 15 is 0 Å². The first-order valence-electron chi connectivity index (χ1n) is 9.52. The van der Waals surface area contributed by atoms with Gasteiger partial charge < -0.3 is 19.5 Å². The second kappa shape index (κ2) is 7.47. The van der Waals surface area contributed by atoms with E-state index in [-0.39, 0.29) is 23.7 Å². The van der Waals surface area contributed by atoms with Crippen LogP contribution in [0.3, 0.4) is 0 Å². The van der Waals surface area contributed by atoms with Crippen LogP contribution in [0.4, 0.5) is 0 Å². The van der Waals surface area contributed by atoms with Crippen LogP contribution in [0.5, 0.6) is 11.5 Å². The monoisotopic (exact) mass is 361 g/mol. The molecule has 0 spiro atoms. The van der Waals surface area contributed by atoms with Crippen LogP contribution < -0.4 is 14.8 Å². The molecule has 1 saturated carbocycles. The van der Waals surface area contributed by atoms with Crippen LogP contribution in [-0.4, -0.2) is 31.8 Å². The molecule has 0 unspecified atom stereocenters. The molecule has 2 fully saturated rings. The highest BCUT2D eigenvalue weighted by molar-refractivity contribution is 5.73. The van der Waals surface area contributed by atoms with Crippen molar-refractivity contribution in [2.75, 3.05) is 14.2 Å². The van der Waals surface area contributed by atoms with Crippen LogP contribution in [0.25, 0.3) is 0 Å². The summed E-state index contributed by atoms with van der Waals surface area (Å²) in [6.07, 6.45) is 4.20. The van der Waals surface area contributed by atoms with Gasteiger partial charge in [0.15, 0.2) is 11.5 Å². The van der Waals surface area contributed by atoms with E-state index in [1.807, 2.05) is 18.2 Å². The summed E-state index contributed by atoms with van der Waals surface area (Å²) in [5.41, 5.74) is 0.808. The van der Waals surface area contributed by atoms with Crippen molar-refractivity contribution in [1.82, 2.24) is 5.32 Å². The van der Waals surface area contributed by atoms with E-state index in [1.165, 1.54) is 6.42 Å². The molecule has 3 rings (SSSR count). The Balaban J connectivity index is 1.91. The van der Waals surface area contributed by atoms with Gasteiger partial charge in [-0.25, -0.2) is 0 Å². The van der Waals surface area contributed by atoms with E-state index in [1.54, 1.807) is 21.1 Å². The molecule has 1 aliphatic heterocycles. The number of nitrogens with one attached hydrogen (secondary N) is 1. The van der Waals surface area contributed by atoms with Crippen molar-refractivity contribution < 1.29 is 19.0 Å². The third-order valence-electron chi connectivity index (χ3n) is 6.06.